The predicted molar refractivity (Wildman–Crippen MR) is 115 cm³/mol. The quantitative estimate of drug-likeness (QED) is 0.702. The van der Waals surface area contributed by atoms with E-state index < -0.39 is 0 Å². The number of halogens is 1. The maximum Gasteiger partial charge on any atom is 0.0629 e. The lowest BCUT2D eigenvalue weighted by Crippen LogP contribution is -2.40. The highest BCUT2D eigenvalue weighted by Crippen LogP contribution is 2.41. The van der Waals surface area contributed by atoms with Crippen LogP contribution in [0, 0.1) is 5.92 Å². The molecule has 2 atom stereocenters. The zero-order chi connectivity index (χ0) is 18.6. The number of fused-ring (bicyclic) bond motifs is 3. The lowest BCUT2D eigenvalue weighted by atomic mass is 9.91. The van der Waals surface area contributed by atoms with Gasteiger partial charge in [-0.05, 0) is 55.6 Å². The van der Waals surface area contributed by atoms with Crippen LogP contribution < -0.4 is 5.32 Å². The first-order valence-electron chi connectivity index (χ1n) is 9.43. The van der Waals surface area contributed by atoms with Gasteiger partial charge in [0.05, 0.1) is 10.7 Å². The highest BCUT2D eigenvalue weighted by molar-refractivity contribution is 6.34. The molecule has 0 amide bonds. The van der Waals surface area contributed by atoms with Crippen LogP contribution in [0.15, 0.2) is 88.0 Å². The van der Waals surface area contributed by atoms with Gasteiger partial charge in [0.25, 0.3) is 0 Å². The lowest BCUT2D eigenvalue weighted by molar-refractivity contribution is 0.188. The molecule has 3 aliphatic rings. The van der Waals surface area contributed by atoms with E-state index in [1.807, 2.05) is 54.7 Å². The number of nitrogens with one attached hydrogen (secondary N) is 1. The molecule has 0 spiro atoms. The van der Waals surface area contributed by atoms with Crippen molar-refractivity contribution >= 4 is 29.2 Å². The van der Waals surface area contributed by atoms with Gasteiger partial charge in [0, 0.05) is 36.3 Å². The fourth-order valence-corrected chi connectivity index (χ4v) is 4.35. The topological polar surface area (TPSA) is 27.6 Å². The first-order valence-corrected chi connectivity index (χ1v) is 9.81. The number of hydrogen-bond donors (Lipinski definition) is 1. The number of nitrogens with zero attached hydrogens (tertiary/aromatic N) is 2. The van der Waals surface area contributed by atoms with E-state index in [1.54, 1.807) is 0 Å². The van der Waals surface area contributed by atoms with Crippen molar-refractivity contribution in [1.82, 2.24) is 4.90 Å². The number of aliphatic imine (C=N–C) groups is 1. The van der Waals surface area contributed by atoms with E-state index in [9.17, 15) is 0 Å². The van der Waals surface area contributed by atoms with Crippen LogP contribution in [0.1, 0.15) is 12.8 Å². The van der Waals surface area contributed by atoms with Crippen molar-refractivity contribution in [3.05, 3.63) is 83.0 Å². The van der Waals surface area contributed by atoms with Crippen molar-refractivity contribution in [2.75, 3.05) is 18.9 Å². The minimum atomic E-state index is 0.323. The minimum Gasteiger partial charge on any atom is -0.361 e. The van der Waals surface area contributed by atoms with Crippen molar-refractivity contribution in [2.24, 2.45) is 10.9 Å². The summed E-state index contributed by atoms with van der Waals surface area (Å²) in [5.74, 6) is 0.442. The molecule has 1 fully saturated rings. The van der Waals surface area contributed by atoms with Crippen molar-refractivity contribution < 1.29 is 0 Å². The zero-order valence-electron chi connectivity index (χ0n) is 15.5. The van der Waals surface area contributed by atoms with Gasteiger partial charge >= 0.3 is 0 Å². The molecule has 2 aromatic rings. The number of piperidine rings is 1. The molecule has 2 heterocycles. The van der Waals surface area contributed by atoms with Crippen LogP contribution in [-0.4, -0.2) is 30.7 Å². The summed E-state index contributed by atoms with van der Waals surface area (Å²) in [6.45, 7) is 1.02. The first-order chi connectivity index (χ1) is 13.2. The summed E-state index contributed by atoms with van der Waals surface area (Å²) in [7, 11) is 2.19. The maximum atomic E-state index is 6.93. The Bertz CT molecular complexity index is 871. The summed E-state index contributed by atoms with van der Waals surface area (Å²) in [5, 5.41) is 4.26. The van der Waals surface area contributed by atoms with E-state index in [0.29, 0.717) is 12.0 Å². The second-order valence-corrected chi connectivity index (χ2v) is 7.58. The van der Waals surface area contributed by atoms with Crippen LogP contribution in [0.2, 0.25) is 0 Å². The molecule has 2 unspecified atom stereocenters. The third-order valence-electron chi connectivity index (χ3n) is 5.41. The number of benzene rings is 2. The molecule has 0 aromatic heterocycles. The molecule has 1 saturated heterocycles. The van der Waals surface area contributed by atoms with Gasteiger partial charge in [-0.15, -0.1) is 0 Å². The average molecular weight is 378 g/mol. The van der Waals surface area contributed by atoms with E-state index in [4.69, 9.17) is 11.6 Å². The summed E-state index contributed by atoms with van der Waals surface area (Å²) < 4.78 is 0. The van der Waals surface area contributed by atoms with Gasteiger partial charge in [-0.25, -0.2) is 0 Å². The van der Waals surface area contributed by atoms with E-state index in [-0.39, 0.29) is 0 Å². The van der Waals surface area contributed by atoms with Gasteiger partial charge in [-0.3, -0.25) is 9.89 Å². The molecule has 2 bridgehead atoms. The summed E-state index contributed by atoms with van der Waals surface area (Å²) in [4.78, 5) is 7.09. The van der Waals surface area contributed by atoms with Crippen LogP contribution >= 0.6 is 11.6 Å². The number of hydrogen-bond acceptors (Lipinski definition) is 3. The van der Waals surface area contributed by atoms with Crippen LogP contribution in [-0.2, 0) is 0 Å². The molecule has 0 radical (unpaired) electrons. The summed E-state index contributed by atoms with van der Waals surface area (Å²) in [6, 6.07) is 20.6. The van der Waals surface area contributed by atoms with E-state index in [1.165, 1.54) is 5.57 Å². The highest BCUT2D eigenvalue weighted by Gasteiger charge is 2.36. The van der Waals surface area contributed by atoms with Crippen molar-refractivity contribution in [3.63, 3.8) is 0 Å². The largest absolute Gasteiger partial charge is 0.361 e. The fourth-order valence-electron chi connectivity index (χ4n) is 3.96. The number of rotatable bonds is 4. The van der Waals surface area contributed by atoms with Crippen LogP contribution in [0.3, 0.4) is 0 Å². The number of para-hydroxylation sites is 2. The molecule has 0 saturated carbocycles. The molecule has 1 N–H and O–H groups in total. The van der Waals surface area contributed by atoms with Gasteiger partial charge in [0.15, 0.2) is 0 Å². The molecular weight excluding hydrogens is 354 g/mol. The molecule has 2 aromatic carbocycles. The van der Waals surface area contributed by atoms with Crippen LogP contribution in [0.5, 0.6) is 0 Å². The SMILES string of the molecule is CN1CC2CCC1C(/C=N/c1ccccc1)=C(Cl)C/2=C/Nc1ccccc1. The van der Waals surface area contributed by atoms with E-state index in [2.05, 4.69) is 40.6 Å². The summed E-state index contributed by atoms with van der Waals surface area (Å²) in [5.41, 5.74) is 4.32. The van der Waals surface area contributed by atoms with Crippen molar-refractivity contribution in [2.45, 2.75) is 18.9 Å². The molecule has 2 aliphatic heterocycles. The van der Waals surface area contributed by atoms with Gasteiger partial charge in [0.2, 0.25) is 0 Å². The Labute approximate surface area is 166 Å². The Kier molecular flexibility index (Phi) is 5.42. The van der Waals surface area contributed by atoms with Crippen molar-refractivity contribution in [3.8, 4) is 0 Å². The van der Waals surface area contributed by atoms with E-state index in [0.717, 1.165) is 41.4 Å². The number of anilines is 1. The highest BCUT2D eigenvalue weighted by atomic mass is 35.5. The monoisotopic (exact) mass is 377 g/mol. The molecular formula is C23H24ClN3. The normalized spacial score (nSPS) is 24.6. The average Bonchev–Trinajstić information content (AvgIpc) is 2.88. The van der Waals surface area contributed by atoms with Gasteiger partial charge < -0.3 is 5.32 Å². The lowest BCUT2D eigenvalue weighted by Gasteiger charge is -2.34. The number of allylic oxidation sites excluding steroid dienone is 1. The predicted octanol–water partition coefficient (Wildman–Crippen LogP) is 5.60. The first kappa shape index (κ1) is 18.0. The minimum absolute atomic E-state index is 0.323. The molecule has 5 rings (SSSR count). The van der Waals surface area contributed by atoms with Gasteiger partial charge in [-0.1, -0.05) is 48.0 Å². The van der Waals surface area contributed by atoms with Crippen molar-refractivity contribution in [1.29, 1.82) is 0 Å². The Morgan fingerprint density at radius 1 is 1.04 bits per heavy atom. The fraction of sp³-hybridized carbons (Fsp3) is 0.261. The number of likely N-dealkylation sites (N-methyl/N-ethyl adjacent to an activating group) is 1. The Balaban J connectivity index is 1.69. The summed E-state index contributed by atoms with van der Waals surface area (Å²) >= 11 is 6.93. The van der Waals surface area contributed by atoms with Gasteiger partial charge in [0.1, 0.15) is 0 Å². The van der Waals surface area contributed by atoms with E-state index >= 15 is 0 Å². The summed E-state index contributed by atoms with van der Waals surface area (Å²) in [6.07, 6.45) is 6.30. The van der Waals surface area contributed by atoms with Crippen LogP contribution in [0.4, 0.5) is 11.4 Å². The molecule has 27 heavy (non-hydrogen) atoms. The third kappa shape index (κ3) is 4.00. The Morgan fingerprint density at radius 2 is 1.74 bits per heavy atom. The second kappa shape index (κ2) is 8.12. The molecule has 1 aliphatic carbocycles. The standard InChI is InChI=1S/C23H24ClN3/c1-27-16-17-12-13-22(27)21(15-26-19-10-6-3-7-11-19)23(24)20(17)14-25-18-8-4-2-5-9-18/h2-11,14-15,17,22,25H,12-13,16H2,1H3/b20-14+,26-15+. The maximum absolute atomic E-state index is 6.93. The Morgan fingerprint density at radius 3 is 2.44 bits per heavy atom. The second-order valence-electron chi connectivity index (χ2n) is 7.20. The van der Waals surface area contributed by atoms with Crippen LogP contribution in [0.25, 0.3) is 0 Å². The third-order valence-corrected chi connectivity index (χ3v) is 5.85. The molecule has 138 valence electrons. The van der Waals surface area contributed by atoms with Gasteiger partial charge in [-0.2, -0.15) is 0 Å². The molecule has 4 heteroatoms. The zero-order valence-corrected chi connectivity index (χ0v) is 16.2. The molecule has 3 nitrogen and oxygen atoms in total. The smallest absolute Gasteiger partial charge is 0.0629 e. The Hall–Kier alpha value is -2.36.